The predicted molar refractivity (Wildman–Crippen MR) is 85.9 cm³/mol. The van der Waals surface area contributed by atoms with Gasteiger partial charge in [0.25, 0.3) is 0 Å². The first-order valence-electron chi connectivity index (χ1n) is 8.92. The van der Waals surface area contributed by atoms with Crippen LogP contribution < -0.4 is 0 Å². The maximum absolute atomic E-state index is 11.7. The average molecular weight is 298 g/mol. The van der Waals surface area contributed by atoms with Crippen LogP contribution in [0.2, 0.25) is 0 Å². The molecule has 0 aromatic heterocycles. The van der Waals surface area contributed by atoms with E-state index in [9.17, 15) is 9.90 Å². The van der Waals surface area contributed by atoms with Crippen molar-refractivity contribution in [3.05, 3.63) is 11.6 Å². The topological polar surface area (TPSA) is 37.3 Å². The van der Waals surface area contributed by atoms with Gasteiger partial charge in [-0.3, -0.25) is 4.79 Å². The Bertz CT molecular complexity index is 583. The lowest BCUT2D eigenvalue weighted by atomic mass is 9.50. The summed E-state index contributed by atoms with van der Waals surface area (Å²) in [5.74, 6) is 5.66. The highest BCUT2D eigenvalue weighted by atomic mass is 16.3. The summed E-state index contributed by atoms with van der Waals surface area (Å²) in [6, 6.07) is 0. The van der Waals surface area contributed by atoms with Crippen LogP contribution in [-0.2, 0) is 4.79 Å². The number of ketones is 1. The minimum Gasteiger partial charge on any atom is -0.377 e. The van der Waals surface area contributed by atoms with Crippen LogP contribution in [-0.4, -0.2) is 16.5 Å². The van der Waals surface area contributed by atoms with Crippen LogP contribution in [0.3, 0.4) is 0 Å². The number of carbonyl (C=O) groups is 1. The Balaban J connectivity index is 1.65. The zero-order chi connectivity index (χ0) is 15.5. The maximum Gasteiger partial charge on any atom is 0.155 e. The molecular formula is C20H26O2. The second kappa shape index (κ2) is 4.71. The Labute approximate surface area is 133 Å². The van der Waals surface area contributed by atoms with Crippen molar-refractivity contribution in [2.24, 2.45) is 29.1 Å². The highest BCUT2D eigenvalue weighted by Crippen LogP contribution is 2.64. The first kappa shape index (κ1) is 14.5. The minimum atomic E-state index is -0.902. The highest BCUT2D eigenvalue weighted by molar-refractivity contribution is 5.91. The zero-order valence-electron chi connectivity index (χ0n) is 13.5. The fourth-order valence-electron chi connectivity index (χ4n) is 6.43. The normalized spacial score (nSPS) is 50.4. The Morgan fingerprint density at radius 2 is 2.00 bits per heavy atom. The fraction of sp³-hybridized carbons (Fsp3) is 0.750. The van der Waals surface area contributed by atoms with Crippen LogP contribution in [0.5, 0.6) is 0 Å². The van der Waals surface area contributed by atoms with Gasteiger partial charge >= 0.3 is 0 Å². The second-order valence-corrected chi connectivity index (χ2v) is 8.30. The van der Waals surface area contributed by atoms with Gasteiger partial charge in [0.15, 0.2) is 5.78 Å². The van der Waals surface area contributed by atoms with Gasteiger partial charge in [0, 0.05) is 11.8 Å². The summed E-state index contributed by atoms with van der Waals surface area (Å²) < 4.78 is 0. The second-order valence-electron chi connectivity index (χ2n) is 8.30. The van der Waals surface area contributed by atoms with Gasteiger partial charge in [0.2, 0.25) is 0 Å². The van der Waals surface area contributed by atoms with Gasteiger partial charge < -0.3 is 5.11 Å². The maximum atomic E-state index is 11.7. The molecule has 2 nitrogen and oxygen atoms in total. The summed E-state index contributed by atoms with van der Waals surface area (Å²) in [6.45, 7) is 2.23. The standard InChI is InChI=1S/C20H26O2/c1-3-20(22)11-9-18-17-6-4-13-12-14(21)5-7-15(13)16(17)8-10-19(18,20)2/h1,12,15-18,22H,4-11H2,2H3/t15-,16+,17+,18+,19+,20-/m1/s1. The third-order valence-electron chi connectivity index (χ3n) is 7.69. The van der Waals surface area contributed by atoms with Crippen molar-refractivity contribution in [2.75, 3.05) is 0 Å². The lowest BCUT2D eigenvalue weighted by Gasteiger charge is -2.54. The molecule has 1 N–H and O–H groups in total. The van der Waals surface area contributed by atoms with Gasteiger partial charge in [0.1, 0.15) is 5.60 Å². The van der Waals surface area contributed by atoms with Gasteiger partial charge in [-0.05, 0) is 74.7 Å². The molecule has 4 aliphatic rings. The van der Waals surface area contributed by atoms with Gasteiger partial charge in [0.05, 0.1) is 0 Å². The number of aliphatic hydroxyl groups is 1. The van der Waals surface area contributed by atoms with E-state index < -0.39 is 5.60 Å². The molecular weight excluding hydrogens is 272 g/mol. The third-order valence-corrected chi connectivity index (χ3v) is 7.69. The zero-order valence-corrected chi connectivity index (χ0v) is 13.5. The van der Waals surface area contributed by atoms with Gasteiger partial charge in [-0.25, -0.2) is 0 Å². The molecule has 0 radical (unpaired) electrons. The summed E-state index contributed by atoms with van der Waals surface area (Å²) in [5, 5.41) is 10.9. The summed E-state index contributed by atoms with van der Waals surface area (Å²) in [6.07, 6.45) is 15.7. The lowest BCUT2D eigenvalue weighted by Crippen LogP contribution is -2.52. The molecule has 0 unspecified atom stereocenters. The lowest BCUT2D eigenvalue weighted by molar-refractivity contribution is -0.116. The molecule has 3 fully saturated rings. The molecule has 2 heteroatoms. The monoisotopic (exact) mass is 298 g/mol. The van der Waals surface area contributed by atoms with E-state index in [1.54, 1.807) is 0 Å². The minimum absolute atomic E-state index is 0.103. The van der Waals surface area contributed by atoms with E-state index in [0.717, 1.165) is 44.9 Å². The Morgan fingerprint density at radius 3 is 2.77 bits per heavy atom. The van der Waals surface area contributed by atoms with E-state index in [1.165, 1.54) is 12.0 Å². The van der Waals surface area contributed by atoms with E-state index in [1.807, 2.05) is 6.08 Å². The number of carbonyl (C=O) groups excluding carboxylic acids is 1. The van der Waals surface area contributed by atoms with Crippen molar-refractivity contribution < 1.29 is 9.90 Å². The van der Waals surface area contributed by atoms with Crippen LogP contribution in [0.15, 0.2) is 11.6 Å². The molecule has 22 heavy (non-hydrogen) atoms. The fourth-order valence-corrected chi connectivity index (χ4v) is 6.43. The van der Waals surface area contributed by atoms with E-state index in [4.69, 9.17) is 6.42 Å². The molecule has 0 bridgehead atoms. The summed E-state index contributed by atoms with van der Waals surface area (Å²) >= 11 is 0. The van der Waals surface area contributed by atoms with Gasteiger partial charge in [-0.2, -0.15) is 0 Å². The number of rotatable bonds is 0. The van der Waals surface area contributed by atoms with Crippen molar-refractivity contribution in [3.63, 3.8) is 0 Å². The van der Waals surface area contributed by atoms with Gasteiger partial charge in [-0.1, -0.05) is 18.4 Å². The molecule has 0 aromatic rings. The molecule has 0 amide bonds. The molecule has 4 rings (SSSR count). The highest BCUT2D eigenvalue weighted by Gasteiger charge is 2.61. The molecule has 6 atom stereocenters. The number of hydrogen-bond acceptors (Lipinski definition) is 2. The van der Waals surface area contributed by atoms with Crippen LogP contribution in [0.25, 0.3) is 0 Å². The molecule has 0 aromatic carbocycles. The molecule has 4 aliphatic carbocycles. The average Bonchev–Trinajstić information content (AvgIpc) is 2.79. The van der Waals surface area contributed by atoms with Crippen molar-refractivity contribution in [1.29, 1.82) is 0 Å². The summed E-state index contributed by atoms with van der Waals surface area (Å²) in [7, 11) is 0. The molecule has 0 spiro atoms. The first-order valence-corrected chi connectivity index (χ1v) is 8.92. The van der Waals surface area contributed by atoms with Crippen molar-refractivity contribution in [1.82, 2.24) is 0 Å². The van der Waals surface area contributed by atoms with Crippen molar-refractivity contribution in [2.45, 2.75) is 63.9 Å². The molecule has 0 aliphatic heterocycles. The number of fused-ring (bicyclic) bond motifs is 5. The largest absolute Gasteiger partial charge is 0.377 e. The SMILES string of the molecule is C#C[C@@]1(O)CC[C@H]2[C@H]3CCC4=CC(=O)CC[C@H]4[C@@H]3CC[C@@]21C. The number of terminal acetylenes is 1. The smallest absolute Gasteiger partial charge is 0.155 e. The van der Waals surface area contributed by atoms with E-state index in [-0.39, 0.29) is 5.41 Å². The summed E-state index contributed by atoms with van der Waals surface area (Å²) in [5.41, 5.74) is 0.418. The van der Waals surface area contributed by atoms with Crippen LogP contribution in [0.4, 0.5) is 0 Å². The quantitative estimate of drug-likeness (QED) is 0.695. The molecule has 3 saturated carbocycles. The summed E-state index contributed by atoms with van der Waals surface area (Å²) in [4.78, 5) is 11.7. The van der Waals surface area contributed by atoms with Crippen molar-refractivity contribution in [3.8, 4) is 12.3 Å². The third kappa shape index (κ3) is 1.75. The van der Waals surface area contributed by atoms with E-state index in [0.29, 0.717) is 29.5 Å². The van der Waals surface area contributed by atoms with Crippen LogP contribution >= 0.6 is 0 Å². The Hall–Kier alpha value is -1.07. The van der Waals surface area contributed by atoms with E-state index >= 15 is 0 Å². The first-order chi connectivity index (χ1) is 10.5. The van der Waals surface area contributed by atoms with Crippen LogP contribution in [0, 0.1) is 41.4 Å². The Morgan fingerprint density at radius 1 is 1.18 bits per heavy atom. The van der Waals surface area contributed by atoms with Crippen LogP contribution in [0.1, 0.15) is 58.3 Å². The van der Waals surface area contributed by atoms with E-state index in [2.05, 4.69) is 12.8 Å². The molecule has 0 heterocycles. The number of hydrogen-bond donors (Lipinski definition) is 1. The molecule has 0 saturated heterocycles. The number of allylic oxidation sites excluding steroid dienone is 1. The van der Waals surface area contributed by atoms with Gasteiger partial charge in [-0.15, -0.1) is 6.42 Å². The predicted octanol–water partition coefficient (Wildman–Crippen LogP) is 3.49. The Kier molecular flexibility index (Phi) is 3.11. The molecule has 118 valence electrons. The van der Waals surface area contributed by atoms with Crippen molar-refractivity contribution >= 4 is 5.78 Å².